The van der Waals surface area contributed by atoms with Gasteiger partial charge < -0.3 is 10.6 Å². The number of nitrogens with one attached hydrogen (secondary N) is 2. The summed E-state index contributed by atoms with van der Waals surface area (Å²) >= 11 is 0. The summed E-state index contributed by atoms with van der Waals surface area (Å²) in [6.07, 6.45) is 1.06. The summed E-state index contributed by atoms with van der Waals surface area (Å²) < 4.78 is 0. The summed E-state index contributed by atoms with van der Waals surface area (Å²) in [5.74, 6) is 0.813. The lowest BCUT2D eigenvalue weighted by molar-refractivity contribution is -0.122. The van der Waals surface area contributed by atoms with Gasteiger partial charge in [-0.1, -0.05) is 13.8 Å². The number of piperazine rings is 1. The van der Waals surface area contributed by atoms with E-state index < -0.39 is 0 Å². The second-order valence-corrected chi connectivity index (χ2v) is 5.06. The van der Waals surface area contributed by atoms with E-state index in [0.717, 1.165) is 32.6 Å². The number of nitrogens with zero attached hydrogens (tertiary/aromatic N) is 1. The molecular weight excluding hydrogens is 202 g/mol. The Bertz CT molecular complexity index is 218. The predicted molar refractivity (Wildman–Crippen MR) is 66.4 cm³/mol. The first-order valence-corrected chi connectivity index (χ1v) is 6.31. The molecule has 1 atom stereocenters. The van der Waals surface area contributed by atoms with Gasteiger partial charge in [0.25, 0.3) is 0 Å². The third-order valence-electron chi connectivity index (χ3n) is 3.03. The summed E-state index contributed by atoms with van der Waals surface area (Å²) in [7, 11) is 0. The molecule has 1 fully saturated rings. The van der Waals surface area contributed by atoms with Crippen LogP contribution in [-0.4, -0.2) is 49.6 Å². The van der Waals surface area contributed by atoms with Crippen molar-refractivity contribution in [2.24, 2.45) is 5.92 Å². The van der Waals surface area contributed by atoms with Gasteiger partial charge in [0.1, 0.15) is 0 Å². The standard InChI is InChI=1S/C12H25N3O/c1-10(2)4-5-14-12(16)9-15-7-6-13-8-11(15)3/h10-11,13H,4-9H2,1-3H3,(H,14,16). The number of rotatable bonds is 5. The van der Waals surface area contributed by atoms with Gasteiger partial charge >= 0.3 is 0 Å². The van der Waals surface area contributed by atoms with Gasteiger partial charge in [-0.15, -0.1) is 0 Å². The summed E-state index contributed by atoms with van der Waals surface area (Å²) in [5.41, 5.74) is 0. The Balaban J connectivity index is 2.17. The van der Waals surface area contributed by atoms with Gasteiger partial charge in [0, 0.05) is 32.2 Å². The molecule has 0 aliphatic carbocycles. The fourth-order valence-corrected chi connectivity index (χ4v) is 1.86. The minimum absolute atomic E-state index is 0.161. The molecule has 0 bridgehead atoms. The minimum Gasteiger partial charge on any atom is -0.355 e. The number of carbonyl (C=O) groups excluding carboxylic acids is 1. The molecule has 2 N–H and O–H groups in total. The SMILES string of the molecule is CC(C)CCNC(=O)CN1CCNCC1C. The first-order chi connectivity index (χ1) is 7.59. The Morgan fingerprint density at radius 3 is 2.94 bits per heavy atom. The fraction of sp³-hybridized carbons (Fsp3) is 0.917. The summed E-state index contributed by atoms with van der Waals surface area (Å²) in [6.45, 7) is 10.8. The van der Waals surface area contributed by atoms with Crippen LogP contribution in [0.4, 0.5) is 0 Å². The monoisotopic (exact) mass is 227 g/mol. The third kappa shape index (κ3) is 4.94. The van der Waals surface area contributed by atoms with Gasteiger partial charge in [0.05, 0.1) is 6.54 Å². The highest BCUT2D eigenvalue weighted by atomic mass is 16.2. The molecule has 1 rings (SSSR count). The van der Waals surface area contributed by atoms with Crippen molar-refractivity contribution in [3.63, 3.8) is 0 Å². The zero-order valence-electron chi connectivity index (χ0n) is 10.8. The fourth-order valence-electron chi connectivity index (χ4n) is 1.86. The first kappa shape index (κ1) is 13.5. The van der Waals surface area contributed by atoms with E-state index in [-0.39, 0.29) is 5.91 Å². The van der Waals surface area contributed by atoms with Gasteiger partial charge in [0.15, 0.2) is 0 Å². The second-order valence-electron chi connectivity index (χ2n) is 5.06. The number of hydrogen-bond acceptors (Lipinski definition) is 3. The Labute approximate surface area is 98.8 Å². The molecule has 1 aliphatic rings. The van der Waals surface area contributed by atoms with Crippen molar-refractivity contribution in [3.8, 4) is 0 Å². The Morgan fingerprint density at radius 1 is 1.56 bits per heavy atom. The highest BCUT2D eigenvalue weighted by molar-refractivity contribution is 5.78. The van der Waals surface area contributed by atoms with Crippen molar-refractivity contribution in [2.75, 3.05) is 32.7 Å². The number of carbonyl (C=O) groups is 1. The summed E-state index contributed by atoms with van der Waals surface area (Å²) in [5, 5.41) is 6.30. The quantitative estimate of drug-likeness (QED) is 0.716. The Kier molecular flexibility index (Phi) is 5.77. The number of amides is 1. The van der Waals surface area contributed by atoms with Crippen LogP contribution in [0.5, 0.6) is 0 Å². The largest absolute Gasteiger partial charge is 0.355 e. The van der Waals surface area contributed by atoms with Crippen LogP contribution in [-0.2, 0) is 4.79 Å². The molecule has 94 valence electrons. The van der Waals surface area contributed by atoms with Crippen molar-refractivity contribution in [1.82, 2.24) is 15.5 Å². The van der Waals surface area contributed by atoms with E-state index in [9.17, 15) is 4.79 Å². The Morgan fingerprint density at radius 2 is 2.31 bits per heavy atom. The molecule has 4 nitrogen and oxygen atoms in total. The van der Waals surface area contributed by atoms with Crippen LogP contribution >= 0.6 is 0 Å². The van der Waals surface area contributed by atoms with Crippen LogP contribution in [0.3, 0.4) is 0 Å². The molecule has 0 aromatic rings. The molecule has 16 heavy (non-hydrogen) atoms. The smallest absolute Gasteiger partial charge is 0.234 e. The van der Waals surface area contributed by atoms with Crippen LogP contribution in [0.1, 0.15) is 27.2 Å². The zero-order valence-corrected chi connectivity index (χ0v) is 10.8. The van der Waals surface area contributed by atoms with Crippen molar-refractivity contribution in [1.29, 1.82) is 0 Å². The average molecular weight is 227 g/mol. The molecule has 0 radical (unpaired) electrons. The normalized spacial score (nSPS) is 22.4. The van der Waals surface area contributed by atoms with E-state index in [1.165, 1.54) is 0 Å². The van der Waals surface area contributed by atoms with Gasteiger partial charge in [-0.2, -0.15) is 0 Å². The summed E-state index contributed by atoms with van der Waals surface area (Å²) in [4.78, 5) is 13.9. The highest BCUT2D eigenvalue weighted by Gasteiger charge is 2.19. The van der Waals surface area contributed by atoms with Crippen molar-refractivity contribution < 1.29 is 4.79 Å². The topological polar surface area (TPSA) is 44.4 Å². The average Bonchev–Trinajstić information content (AvgIpc) is 2.21. The van der Waals surface area contributed by atoms with Crippen LogP contribution < -0.4 is 10.6 Å². The van der Waals surface area contributed by atoms with E-state index >= 15 is 0 Å². The molecule has 1 aliphatic heterocycles. The molecule has 0 aromatic heterocycles. The minimum atomic E-state index is 0.161. The maximum Gasteiger partial charge on any atom is 0.234 e. The van der Waals surface area contributed by atoms with E-state index in [1.54, 1.807) is 0 Å². The maximum absolute atomic E-state index is 11.7. The molecule has 0 aromatic carbocycles. The van der Waals surface area contributed by atoms with Crippen molar-refractivity contribution in [3.05, 3.63) is 0 Å². The molecule has 1 amide bonds. The molecular formula is C12H25N3O. The zero-order chi connectivity index (χ0) is 12.0. The van der Waals surface area contributed by atoms with E-state index in [1.807, 2.05) is 0 Å². The summed E-state index contributed by atoms with van der Waals surface area (Å²) in [6, 6.07) is 0.463. The lowest BCUT2D eigenvalue weighted by Gasteiger charge is -2.33. The molecule has 1 saturated heterocycles. The van der Waals surface area contributed by atoms with Gasteiger partial charge in [-0.25, -0.2) is 0 Å². The van der Waals surface area contributed by atoms with Gasteiger partial charge in [-0.05, 0) is 19.3 Å². The lowest BCUT2D eigenvalue weighted by atomic mass is 10.1. The Hall–Kier alpha value is -0.610. The van der Waals surface area contributed by atoms with Gasteiger partial charge in [0.2, 0.25) is 5.91 Å². The highest BCUT2D eigenvalue weighted by Crippen LogP contribution is 2.01. The van der Waals surface area contributed by atoms with Crippen LogP contribution in [0, 0.1) is 5.92 Å². The predicted octanol–water partition coefficient (Wildman–Crippen LogP) is 0.442. The maximum atomic E-state index is 11.7. The van der Waals surface area contributed by atoms with Gasteiger partial charge in [-0.3, -0.25) is 9.69 Å². The molecule has 0 spiro atoms. The molecule has 4 heteroatoms. The first-order valence-electron chi connectivity index (χ1n) is 6.31. The second kappa shape index (κ2) is 6.86. The van der Waals surface area contributed by atoms with E-state index in [0.29, 0.717) is 18.5 Å². The van der Waals surface area contributed by atoms with E-state index in [2.05, 4.69) is 36.3 Å². The van der Waals surface area contributed by atoms with E-state index in [4.69, 9.17) is 0 Å². The van der Waals surface area contributed by atoms with Crippen molar-refractivity contribution >= 4 is 5.91 Å². The molecule has 1 unspecified atom stereocenters. The molecule has 1 heterocycles. The van der Waals surface area contributed by atoms with Crippen molar-refractivity contribution in [2.45, 2.75) is 33.2 Å². The number of hydrogen-bond donors (Lipinski definition) is 2. The third-order valence-corrected chi connectivity index (χ3v) is 3.03. The van der Waals surface area contributed by atoms with Crippen LogP contribution in [0.25, 0.3) is 0 Å². The van der Waals surface area contributed by atoms with Crippen LogP contribution in [0.2, 0.25) is 0 Å². The lowest BCUT2D eigenvalue weighted by Crippen LogP contribution is -2.52. The molecule has 0 saturated carbocycles. The van der Waals surface area contributed by atoms with Crippen LogP contribution in [0.15, 0.2) is 0 Å².